The minimum atomic E-state index is -0.807. The van der Waals surface area contributed by atoms with E-state index in [4.69, 9.17) is 0 Å². The van der Waals surface area contributed by atoms with Crippen LogP contribution >= 0.6 is 0 Å². The molecule has 1 aliphatic rings. The summed E-state index contributed by atoms with van der Waals surface area (Å²) in [6.07, 6.45) is 9.38. The second-order valence-corrected chi connectivity index (χ2v) is 8.31. The van der Waals surface area contributed by atoms with E-state index >= 15 is 0 Å². The van der Waals surface area contributed by atoms with E-state index in [2.05, 4.69) is 37.3 Å². The van der Waals surface area contributed by atoms with E-state index in [0.29, 0.717) is 11.5 Å². The summed E-state index contributed by atoms with van der Waals surface area (Å²) in [7, 11) is 0. The third kappa shape index (κ3) is 4.11. The van der Waals surface area contributed by atoms with Crippen LogP contribution in [0.4, 0.5) is 8.78 Å². The van der Waals surface area contributed by atoms with Crippen molar-refractivity contribution in [1.82, 2.24) is 0 Å². The van der Waals surface area contributed by atoms with Gasteiger partial charge in [-0.05, 0) is 83.2 Å². The molecule has 0 unspecified atom stereocenters. The molecule has 0 heterocycles. The third-order valence-corrected chi connectivity index (χ3v) is 6.40. The van der Waals surface area contributed by atoms with Crippen molar-refractivity contribution < 1.29 is 8.78 Å². The Morgan fingerprint density at radius 3 is 2.18 bits per heavy atom. The number of benzene rings is 3. The van der Waals surface area contributed by atoms with E-state index in [0.717, 1.165) is 16.9 Å². The highest BCUT2D eigenvalue weighted by atomic mass is 19.2. The van der Waals surface area contributed by atoms with Gasteiger partial charge in [0.2, 0.25) is 0 Å². The molecule has 2 heteroatoms. The normalized spacial score (nSPS) is 19.8. The Morgan fingerprint density at radius 2 is 1.43 bits per heavy atom. The fraction of sp³-hybridized carbons (Fsp3) is 0.385. The lowest BCUT2D eigenvalue weighted by Crippen LogP contribution is -2.13. The van der Waals surface area contributed by atoms with Gasteiger partial charge < -0.3 is 0 Å². The monoisotopic (exact) mass is 378 g/mol. The smallest absolute Gasteiger partial charge is 0.159 e. The highest BCUT2D eigenvalue weighted by Crippen LogP contribution is 2.38. The van der Waals surface area contributed by atoms with Gasteiger partial charge >= 0.3 is 0 Å². The maximum atomic E-state index is 13.6. The Hall–Kier alpha value is -2.22. The maximum Gasteiger partial charge on any atom is 0.159 e. The first-order chi connectivity index (χ1) is 13.6. The lowest BCUT2D eigenvalue weighted by molar-refractivity contribution is 0.304. The number of halogens is 2. The van der Waals surface area contributed by atoms with Crippen LogP contribution in [0.3, 0.4) is 0 Å². The molecule has 0 saturated heterocycles. The lowest BCUT2D eigenvalue weighted by atomic mass is 9.77. The Bertz CT molecular complexity index is 952. The number of unbranched alkanes of at least 4 members (excludes halogenated alkanes) is 1. The van der Waals surface area contributed by atoms with E-state index in [1.54, 1.807) is 6.07 Å². The molecule has 1 fully saturated rings. The second kappa shape index (κ2) is 8.43. The molecule has 0 atom stereocenters. The van der Waals surface area contributed by atoms with Crippen LogP contribution in [-0.2, 0) is 0 Å². The summed E-state index contributed by atoms with van der Waals surface area (Å²) < 4.78 is 26.8. The molecule has 0 bridgehead atoms. The van der Waals surface area contributed by atoms with Crippen LogP contribution < -0.4 is 0 Å². The quantitative estimate of drug-likeness (QED) is 0.419. The van der Waals surface area contributed by atoms with Gasteiger partial charge in [0.15, 0.2) is 11.6 Å². The zero-order valence-corrected chi connectivity index (χ0v) is 16.6. The van der Waals surface area contributed by atoms with Crippen molar-refractivity contribution in [1.29, 1.82) is 0 Å². The molecule has 0 nitrogen and oxygen atoms in total. The van der Waals surface area contributed by atoms with Crippen molar-refractivity contribution in [3.8, 4) is 11.1 Å². The second-order valence-electron chi connectivity index (χ2n) is 8.31. The van der Waals surface area contributed by atoms with E-state index < -0.39 is 11.6 Å². The summed E-state index contributed by atoms with van der Waals surface area (Å²) in [6.45, 7) is 2.28. The fourth-order valence-electron chi connectivity index (χ4n) is 4.65. The van der Waals surface area contributed by atoms with Crippen molar-refractivity contribution >= 4 is 10.8 Å². The van der Waals surface area contributed by atoms with Crippen LogP contribution in [0, 0.1) is 17.6 Å². The van der Waals surface area contributed by atoms with Gasteiger partial charge in [-0.2, -0.15) is 0 Å². The summed E-state index contributed by atoms with van der Waals surface area (Å²) in [5, 5.41) is 2.36. The zero-order chi connectivity index (χ0) is 19.5. The van der Waals surface area contributed by atoms with E-state index in [1.165, 1.54) is 68.0 Å². The molecule has 1 aliphatic carbocycles. The van der Waals surface area contributed by atoms with Crippen LogP contribution in [0.5, 0.6) is 0 Å². The summed E-state index contributed by atoms with van der Waals surface area (Å²) >= 11 is 0. The topological polar surface area (TPSA) is 0 Å². The molecule has 0 aliphatic heterocycles. The Labute approximate surface area is 166 Å². The van der Waals surface area contributed by atoms with Crippen molar-refractivity contribution in [2.45, 2.75) is 57.8 Å². The molecule has 0 N–H and O–H groups in total. The molecule has 1 saturated carbocycles. The van der Waals surface area contributed by atoms with Crippen LogP contribution in [0.25, 0.3) is 21.9 Å². The standard InChI is InChI=1S/C26H28F2/c1-2-3-4-18-5-7-19(8-6-18)20-9-10-22-16-23(12-11-21(22)15-20)24-13-14-25(27)26(28)17-24/h9-19H,2-8H2,1H3/t18-,19-. The summed E-state index contributed by atoms with van der Waals surface area (Å²) in [5.41, 5.74) is 3.06. The van der Waals surface area contributed by atoms with Crippen molar-refractivity contribution in [2.24, 2.45) is 5.92 Å². The number of hydrogen-bond acceptors (Lipinski definition) is 0. The third-order valence-electron chi connectivity index (χ3n) is 6.40. The molecule has 3 aromatic carbocycles. The van der Waals surface area contributed by atoms with E-state index in [9.17, 15) is 8.78 Å². The van der Waals surface area contributed by atoms with Gasteiger partial charge in [0, 0.05) is 0 Å². The first-order valence-corrected chi connectivity index (χ1v) is 10.6. The molecule has 3 aromatic rings. The molecule has 28 heavy (non-hydrogen) atoms. The van der Waals surface area contributed by atoms with Crippen molar-refractivity contribution in [2.75, 3.05) is 0 Å². The van der Waals surface area contributed by atoms with Gasteiger partial charge in [-0.3, -0.25) is 0 Å². The largest absolute Gasteiger partial charge is 0.204 e. The maximum absolute atomic E-state index is 13.6. The molecule has 146 valence electrons. The Kier molecular flexibility index (Phi) is 5.75. The average Bonchev–Trinajstić information content (AvgIpc) is 2.74. The number of hydrogen-bond donors (Lipinski definition) is 0. The molecule has 4 rings (SSSR count). The minimum Gasteiger partial charge on any atom is -0.204 e. The molecule has 0 amide bonds. The van der Waals surface area contributed by atoms with E-state index in [1.807, 2.05) is 6.07 Å². The Balaban J connectivity index is 1.52. The van der Waals surface area contributed by atoms with E-state index in [-0.39, 0.29) is 0 Å². The SMILES string of the molecule is CCCC[C@H]1CC[C@H](c2ccc3cc(-c4ccc(F)c(F)c4)ccc3c2)CC1. The molecule has 0 spiro atoms. The lowest BCUT2D eigenvalue weighted by Gasteiger charge is -2.29. The highest BCUT2D eigenvalue weighted by Gasteiger charge is 2.22. The minimum absolute atomic E-state index is 0.674. The first kappa shape index (κ1) is 19.1. The summed E-state index contributed by atoms with van der Waals surface area (Å²) in [6, 6.07) is 17.0. The molecule has 0 aromatic heterocycles. The number of rotatable bonds is 5. The molecular formula is C26H28F2. The van der Waals surface area contributed by atoms with Gasteiger partial charge in [-0.25, -0.2) is 8.78 Å². The average molecular weight is 379 g/mol. The molecule has 0 radical (unpaired) electrons. The zero-order valence-electron chi connectivity index (χ0n) is 16.6. The van der Waals surface area contributed by atoms with Crippen molar-refractivity contribution in [3.05, 3.63) is 71.8 Å². The fourth-order valence-corrected chi connectivity index (χ4v) is 4.65. The highest BCUT2D eigenvalue weighted by molar-refractivity contribution is 5.88. The van der Waals surface area contributed by atoms with Crippen LogP contribution in [0.2, 0.25) is 0 Å². The van der Waals surface area contributed by atoms with Gasteiger partial charge in [0.05, 0.1) is 0 Å². The van der Waals surface area contributed by atoms with Gasteiger partial charge in [0.25, 0.3) is 0 Å². The predicted molar refractivity (Wildman–Crippen MR) is 114 cm³/mol. The first-order valence-electron chi connectivity index (χ1n) is 10.6. The summed E-state index contributed by atoms with van der Waals surface area (Å²) in [4.78, 5) is 0. The molecular weight excluding hydrogens is 350 g/mol. The van der Waals surface area contributed by atoms with Crippen LogP contribution in [0.1, 0.15) is 63.4 Å². The van der Waals surface area contributed by atoms with Crippen LogP contribution in [0.15, 0.2) is 54.6 Å². The van der Waals surface area contributed by atoms with Crippen LogP contribution in [-0.4, -0.2) is 0 Å². The van der Waals surface area contributed by atoms with Gasteiger partial charge in [-0.1, -0.05) is 62.6 Å². The van der Waals surface area contributed by atoms with Crippen molar-refractivity contribution in [3.63, 3.8) is 0 Å². The predicted octanol–water partition coefficient (Wildman–Crippen LogP) is 8.25. The summed E-state index contributed by atoms with van der Waals surface area (Å²) in [5.74, 6) is -0.00968. The Morgan fingerprint density at radius 1 is 0.750 bits per heavy atom. The van der Waals surface area contributed by atoms with Gasteiger partial charge in [-0.15, -0.1) is 0 Å². The van der Waals surface area contributed by atoms with Gasteiger partial charge in [0.1, 0.15) is 0 Å². The number of fused-ring (bicyclic) bond motifs is 1.